The lowest BCUT2D eigenvalue weighted by Gasteiger charge is -2.19. The van der Waals surface area contributed by atoms with Gasteiger partial charge in [0.1, 0.15) is 0 Å². The number of aromatic nitrogens is 3. The van der Waals surface area contributed by atoms with Gasteiger partial charge in [-0.1, -0.05) is 75.0 Å². The molecule has 1 heterocycles. The molecule has 0 radical (unpaired) electrons. The minimum Gasteiger partial charge on any atom is -0.478 e. The van der Waals surface area contributed by atoms with Crippen LogP contribution in [0.2, 0.25) is 0 Å². The van der Waals surface area contributed by atoms with Crippen LogP contribution in [-0.2, 0) is 10.2 Å². The predicted octanol–water partition coefficient (Wildman–Crippen LogP) is 5.66. The van der Waals surface area contributed by atoms with Gasteiger partial charge in [-0.2, -0.15) is 0 Å². The number of anilines is 1. The summed E-state index contributed by atoms with van der Waals surface area (Å²) in [6, 6.07) is 24.1. The molecule has 0 unspecified atom stereocenters. The third-order valence-corrected chi connectivity index (χ3v) is 6.33. The zero-order valence-corrected chi connectivity index (χ0v) is 20.5. The fourth-order valence-corrected chi connectivity index (χ4v) is 4.25. The molecule has 0 bridgehead atoms. The van der Waals surface area contributed by atoms with Gasteiger partial charge in [0.25, 0.3) is 0 Å². The molecular weight excluding hydrogens is 460 g/mol. The number of rotatable bonds is 7. The zero-order chi connectivity index (χ0) is 25.0. The van der Waals surface area contributed by atoms with E-state index in [1.165, 1.54) is 29.5 Å². The van der Waals surface area contributed by atoms with E-state index in [9.17, 15) is 9.59 Å². The monoisotopic (exact) mass is 486 g/mol. The number of hydrogen-bond donors (Lipinski definition) is 2. The first-order valence-electron chi connectivity index (χ1n) is 11.1. The molecule has 0 saturated heterocycles. The highest BCUT2D eigenvalue weighted by Gasteiger charge is 2.19. The van der Waals surface area contributed by atoms with Crippen molar-refractivity contribution >= 4 is 29.3 Å². The topological polar surface area (TPSA) is 97.1 Å². The van der Waals surface area contributed by atoms with Crippen molar-refractivity contribution < 1.29 is 14.7 Å². The highest BCUT2D eigenvalue weighted by molar-refractivity contribution is 7.99. The smallest absolute Gasteiger partial charge is 0.335 e. The zero-order valence-electron chi connectivity index (χ0n) is 19.7. The number of carboxylic acid groups (broad SMARTS) is 1. The highest BCUT2D eigenvalue weighted by Crippen LogP contribution is 2.30. The van der Waals surface area contributed by atoms with Crippen LogP contribution in [-0.4, -0.2) is 37.5 Å². The number of hydrogen-bond acceptors (Lipinski definition) is 5. The second-order valence-electron chi connectivity index (χ2n) is 9.02. The van der Waals surface area contributed by atoms with E-state index in [0.717, 1.165) is 11.3 Å². The third kappa shape index (κ3) is 5.78. The van der Waals surface area contributed by atoms with Gasteiger partial charge < -0.3 is 10.4 Å². The number of nitrogens with zero attached hydrogens (tertiary/aromatic N) is 3. The third-order valence-electron chi connectivity index (χ3n) is 5.40. The Balaban J connectivity index is 1.55. The Bertz CT molecular complexity index is 1330. The van der Waals surface area contributed by atoms with Crippen LogP contribution in [0.5, 0.6) is 0 Å². The molecule has 1 aromatic heterocycles. The van der Waals surface area contributed by atoms with Crippen molar-refractivity contribution in [3.63, 3.8) is 0 Å². The number of para-hydroxylation sites is 1. The van der Waals surface area contributed by atoms with Crippen LogP contribution >= 0.6 is 11.8 Å². The second kappa shape index (κ2) is 10.1. The normalized spacial score (nSPS) is 11.3. The van der Waals surface area contributed by atoms with Crippen molar-refractivity contribution in [1.82, 2.24) is 14.8 Å². The molecule has 0 fully saturated rings. The van der Waals surface area contributed by atoms with Gasteiger partial charge in [-0.15, -0.1) is 10.2 Å². The van der Waals surface area contributed by atoms with E-state index in [1.54, 1.807) is 12.1 Å². The van der Waals surface area contributed by atoms with Crippen molar-refractivity contribution in [2.45, 2.75) is 31.3 Å². The molecule has 3 aromatic carbocycles. The summed E-state index contributed by atoms with van der Waals surface area (Å²) in [7, 11) is 0. The van der Waals surface area contributed by atoms with Gasteiger partial charge >= 0.3 is 5.97 Å². The Kier molecular flexibility index (Phi) is 7.02. The van der Waals surface area contributed by atoms with Crippen LogP contribution in [0.1, 0.15) is 36.7 Å². The van der Waals surface area contributed by atoms with Gasteiger partial charge in [-0.3, -0.25) is 9.36 Å². The maximum absolute atomic E-state index is 12.6. The van der Waals surface area contributed by atoms with Gasteiger partial charge in [0.15, 0.2) is 11.0 Å². The summed E-state index contributed by atoms with van der Waals surface area (Å²) in [6.45, 7) is 6.53. The molecule has 35 heavy (non-hydrogen) atoms. The molecule has 1 amide bonds. The summed E-state index contributed by atoms with van der Waals surface area (Å²) >= 11 is 1.28. The van der Waals surface area contributed by atoms with Crippen LogP contribution in [0.3, 0.4) is 0 Å². The number of nitrogens with one attached hydrogen (secondary N) is 1. The number of carbonyl (C=O) groups is 2. The summed E-state index contributed by atoms with van der Waals surface area (Å²) in [5.74, 6) is -0.419. The largest absolute Gasteiger partial charge is 0.478 e. The van der Waals surface area contributed by atoms with Crippen LogP contribution in [0, 0.1) is 0 Å². The lowest BCUT2D eigenvalue weighted by Crippen LogP contribution is -2.14. The molecule has 0 aliphatic rings. The number of aromatic carboxylic acids is 1. The van der Waals surface area contributed by atoms with E-state index in [4.69, 9.17) is 5.11 Å². The molecule has 4 rings (SSSR count). The SMILES string of the molecule is CC(C)(C)c1ccc(-c2nnc(SCC(=O)Nc3ccc(C(=O)O)cc3)n2-c2ccccc2)cc1. The average Bonchev–Trinajstić information content (AvgIpc) is 3.27. The molecule has 8 heteroatoms. The number of carbonyl (C=O) groups excluding carboxylic acids is 1. The van der Waals surface area contributed by atoms with Crippen molar-refractivity contribution in [3.05, 3.63) is 90.0 Å². The van der Waals surface area contributed by atoms with Crippen LogP contribution in [0.4, 0.5) is 5.69 Å². The van der Waals surface area contributed by atoms with E-state index >= 15 is 0 Å². The Morgan fingerprint density at radius 1 is 0.914 bits per heavy atom. The number of benzene rings is 3. The van der Waals surface area contributed by atoms with Gasteiger partial charge in [0, 0.05) is 16.9 Å². The van der Waals surface area contributed by atoms with Gasteiger partial charge in [0.05, 0.1) is 11.3 Å². The quantitative estimate of drug-likeness (QED) is 0.327. The van der Waals surface area contributed by atoms with Crippen LogP contribution in [0.15, 0.2) is 84.0 Å². The van der Waals surface area contributed by atoms with Gasteiger partial charge in [-0.05, 0) is 47.4 Å². The highest BCUT2D eigenvalue weighted by atomic mass is 32.2. The molecule has 0 aliphatic heterocycles. The molecule has 2 N–H and O–H groups in total. The molecule has 0 spiro atoms. The summed E-state index contributed by atoms with van der Waals surface area (Å²) in [4.78, 5) is 23.6. The fraction of sp³-hybridized carbons (Fsp3) is 0.185. The predicted molar refractivity (Wildman–Crippen MR) is 138 cm³/mol. The average molecular weight is 487 g/mol. The van der Waals surface area contributed by atoms with E-state index in [-0.39, 0.29) is 22.6 Å². The standard InChI is InChI=1S/C27H26N4O3S/c1-27(2,3)20-13-9-18(10-14-20)24-29-30-26(31(24)22-7-5-4-6-8-22)35-17-23(32)28-21-15-11-19(12-16-21)25(33)34/h4-16H,17H2,1-3H3,(H,28,32)(H,33,34). The molecule has 4 aromatic rings. The van der Waals surface area contributed by atoms with Crippen molar-refractivity contribution in [3.8, 4) is 17.1 Å². The maximum atomic E-state index is 12.6. The lowest BCUT2D eigenvalue weighted by atomic mass is 9.87. The molecule has 178 valence electrons. The maximum Gasteiger partial charge on any atom is 0.335 e. The first-order chi connectivity index (χ1) is 16.7. The summed E-state index contributed by atoms with van der Waals surface area (Å²) < 4.78 is 1.95. The Labute approximate surface area is 208 Å². The van der Waals surface area contributed by atoms with E-state index in [1.807, 2.05) is 47.0 Å². The van der Waals surface area contributed by atoms with Crippen LogP contribution in [0.25, 0.3) is 17.1 Å². The number of amides is 1. The fourth-order valence-electron chi connectivity index (χ4n) is 3.50. The van der Waals surface area contributed by atoms with Crippen molar-refractivity contribution in [2.75, 3.05) is 11.1 Å². The van der Waals surface area contributed by atoms with Crippen LogP contribution < -0.4 is 5.32 Å². The van der Waals surface area contributed by atoms with Crippen molar-refractivity contribution in [1.29, 1.82) is 0 Å². The van der Waals surface area contributed by atoms with Gasteiger partial charge in [0.2, 0.25) is 5.91 Å². The first-order valence-corrected chi connectivity index (χ1v) is 12.1. The molecule has 0 atom stereocenters. The first kappa shape index (κ1) is 24.2. The summed E-state index contributed by atoms with van der Waals surface area (Å²) in [6.07, 6.45) is 0. The summed E-state index contributed by atoms with van der Waals surface area (Å²) in [5, 5.41) is 21.2. The minimum absolute atomic E-state index is 0.0496. The Morgan fingerprint density at radius 3 is 2.17 bits per heavy atom. The molecule has 7 nitrogen and oxygen atoms in total. The second-order valence-corrected chi connectivity index (χ2v) is 9.97. The molecular formula is C27H26N4O3S. The summed E-state index contributed by atoms with van der Waals surface area (Å²) in [5.41, 5.74) is 3.81. The Hall–Kier alpha value is -3.91. The van der Waals surface area contributed by atoms with E-state index < -0.39 is 5.97 Å². The minimum atomic E-state index is -1.01. The Morgan fingerprint density at radius 2 is 1.57 bits per heavy atom. The molecule has 0 aliphatic carbocycles. The number of thioether (sulfide) groups is 1. The lowest BCUT2D eigenvalue weighted by molar-refractivity contribution is -0.113. The van der Waals surface area contributed by atoms with Gasteiger partial charge in [-0.25, -0.2) is 4.79 Å². The molecule has 0 saturated carbocycles. The van der Waals surface area contributed by atoms with E-state index in [0.29, 0.717) is 16.7 Å². The number of carboxylic acids is 1. The van der Waals surface area contributed by atoms with E-state index in [2.05, 4.69) is 48.4 Å². The van der Waals surface area contributed by atoms with Crippen molar-refractivity contribution in [2.24, 2.45) is 0 Å².